The number of carboxylic acids is 1. The Balaban J connectivity index is 2.02. The van der Waals surface area contributed by atoms with Gasteiger partial charge in [-0.3, -0.25) is 4.40 Å². The molecule has 1 aromatic carbocycles. The number of ether oxygens (including phenoxy) is 1. The Morgan fingerprint density at radius 1 is 1.24 bits per heavy atom. The Hall–Kier alpha value is -2.47. The maximum absolute atomic E-state index is 11.4. The molecule has 1 N–H and O–H groups in total. The monoisotopic (exact) mass is 300 g/mol. The van der Waals surface area contributed by atoms with Crippen LogP contribution in [-0.2, 0) is 0 Å². The Morgan fingerprint density at radius 2 is 2.00 bits per heavy atom. The van der Waals surface area contributed by atoms with Crippen molar-refractivity contribution >= 4 is 23.4 Å². The van der Waals surface area contributed by atoms with Gasteiger partial charge in [0, 0.05) is 11.1 Å². The molecular formula is C15H12N2O3S. The van der Waals surface area contributed by atoms with Crippen molar-refractivity contribution in [3.8, 4) is 11.6 Å². The molecule has 5 nitrogen and oxygen atoms in total. The Labute approximate surface area is 125 Å². The summed E-state index contributed by atoms with van der Waals surface area (Å²) in [6.07, 6.45) is 3.63. The molecule has 0 spiro atoms. The number of hydrogen-bond donors (Lipinski definition) is 1. The number of pyridine rings is 1. The summed E-state index contributed by atoms with van der Waals surface area (Å²) >= 11 is 1.63. The minimum Gasteiger partial charge on any atom is -0.476 e. The lowest BCUT2D eigenvalue weighted by atomic mass is 10.3. The van der Waals surface area contributed by atoms with Gasteiger partial charge in [0.1, 0.15) is 11.4 Å². The van der Waals surface area contributed by atoms with Crippen LogP contribution in [0.4, 0.5) is 0 Å². The zero-order valence-corrected chi connectivity index (χ0v) is 12.0. The van der Waals surface area contributed by atoms with Gasteiger partial charge in [0.2, 0.25) is 0 Å². The van der Waals surface area contributed by atoms with E-state index in [0.717, 1.165) is 4.90 Å². The number of hydrogen-bond acceptors (Lipinski definition) is 4. The van der Waals surface area contributed by atoms with Crippen LogP contribution in [0.5, 0.6) is 11.6 Å². The second-order valence-electron chi connectivity index (χ2n) is 4.28. The fourth-order valence-corrected chi connectivity index (χ4v) is 2.40. The summed E-state index contributed by atoms with van der Waals surface area (Å²) in [4.78, 5) is 16.8. The molecule has 3 aromatic rings. The third-order valence-corrected chi connectivity index (χ3v) is 3.72. The molecular weight excluding hydrogens is 288 g/mol. The van der Waals surface area contributed by atoms with E-state index in [1.54, 1.807) is 48.3 Å². The van der Waals surface area contributed by atoms with Gasteiger partial charge in [-0.2, -0.15) is 4.98 Å². The first-order chi connectivity index (χ1) is 10.2. The molecule has 2 heterocycles. The average molecular weight is 300 g/mol. The molecule has 0 unspecified atom stereocenters. The first kappa shape index (κ1) is 13.5. The summed E-state index contributed by atoms with van der Waals surface area (Å²) in [6, 6.07) is 12.7. The molecule has 0 atom stereocenters. The van der Waals surface area contributed by atoms with Gasteiger partial charge in [0.05, 0.1) is 0 Å². The summed E-state index contributed by atoms with van der Waals surface area (Å²) in [5, 5.41) is 9.37. The van der Waals surface area contributed by atoms with Crippen molar-refractivity contribution < 1.29 is 14.6 Å². The highest BCUT2D eigenvalue weighted by molar-refractivity contribution is 7.98. The van der Waals surface area contributed by atoms with Crippen LogP contribution >= 0.6 is 11.8 Å². The second kappa shape index (κ2) is 5.49. The van der Waals surface area contributed by atoms with Crippen LogP contribution < -0.4 is 4.74 Å². The zero-order valence-electron chi connectivity index (χ0n) is 11.2. The molecule has 0 aliphatic rings. The van der Waals surface area contributed by atoms with Crippen LogP contribution in [0.25, 0.3) is 5.65 Å². The van der Waals surface area contributed by atoms with Crippen molar-refractivity contribution in [2.45, 2.75) is 4.90 Å². The Morgan fingerprint density at radius 3 is 2.67 bits per heavy atom. The highest BCUT2D eigenvalue weighted by atomic mass is 32.2. The minimum absolute atomic E-state index is 0.0135. The van der Waals surface area contributed by atoms with E-state index in [-0.39, 0.29) is 11.6 Å². The standard InChI is InChI=1S/C15H12N2O3S/c1-21-11-7-5-10(6-8-11)20-14-13(15(18)19)17-9-3-2-4-12(17)16-14/h2-9H,1H3,(H,18,19). The van der Waals surface area contributed by atoms with Gasteiger partial charge >= 0.3 is 5.97 Å². The Bertz CT molecular complexity index is 796. The van der Waals surface area contributed by atoms with E-state index in [0.29, 0.717) is 11.4 Å². The van der Waals surface area contributed by atoms with Gasteiger partial charge in [0.25, 0.3) is 5.88 Å². The van der Waals surface area contributed by atoms with E-state index in [1.807, 2.05) is 18.4 Å². The van der Waals surface area contributed by atoms with E-state index in [4.69, 9.17) is 4.74 Å². The predicted octanol–water partition coefficient (Wildman–Crippen LogP) is 3.55. The number of carboxylic acid groups (broad SMARTS) is 1. The van der Waals surface area contributed by atoms with Crippen molar-refractivity contribution in [2.24, 2.45) is 0 Å². The SMILES string of the molecule is CSc1ccc(Oc2nc3ccccn3c2C(=O)O)cc1. The fraction of sp³-hybridized carbons (Fsp3) is 0.0667. The lowest BCUT2D eigenvalue weighted by Crippen LogP contribution is -2.03. The van der Waals surface area contributed by atoms with Crippen molar-refractivity contribution in [2.75, 3.05) is 6.26 Å². The van der Waals surface area contributed by atoms with Gasteiger partial charge < -0.3 is 9.84 Å². The normalized spacial score (nSPS) is 10.7. The first-order valence-corrected chi connectivity index (χ1v) is 7.44. The average Bonchev–Trinajstić information content (AvgIpc) is 2.86. The molecule has 0 amide bonds. The first-order valence-electron chi connectivity index (χ1n) is 6.21. The number of carbonyl (C=O) groups is 1. The maximum atomic E-state index is 11.4. The molecule has 21 heavy (non-hydrogen) atoms. The number of imidazole rings is 1. The number of aromatic carboxylic acids is 1. The summed E-state index contributed by atoms with van der Waals surface area (Å²) in [5.74, 6) is -0.436. The molecule has 2 aromatic heterocycles. The van der Waals surface area contributed by atoms with E-state index in [1.165, 1.54) is 4.40 Å². The van der Waals surface area contributed by atoms with Gasteiger partial charge in [-0.1, -0.05) is 6.07 Å². The van der Waals surface area contributed by atoms with Crippen LogP contribution in [0, 0.1) is 0 Å². The van der Waals surface area contributed by atoms with Crippen LogP contribution in [-0.4, -0.2) is 26.7 Å². The predicted molar refractivity (Wildman–Crippen MR) is 80.4 cm³/mol. The molecule has 0 radical (unpaired) electrons. The van der Waals surface area contributed by atoms with Crippen molar-refractivity contribution in [1.82, 2.24) is 9.38 Å². The van der Waals surface area contributed by atoms with Gasteiger partial charge in [0.15, 0.2) is 5.69 Å². The van der Waals surface area contributed by atoms with Crippen LogP contribution in [0.15, 0.2) is 53.6 Å². The molecule has 0 aliphatic heterocycles. The molecule has 106 valence electrons. The summed E-state index contributed by atoms with van der Waals surface area (Å²) in [7, 11) is 0. The van der Waals surface area contributed by atoms with Crippen molar-refractivity contribution in [1.29, 1.82) is 0 Å². The lowest BCUT2D eigenvalue weighted by molar-refractivity contribution is 0.0686. The highest BCUT2D eigenvalue weighted by Crippen LogP contribution is 2.27. The molecule has 0 saturated carbocycles. The summed E-state index contributed by atoms with van der Waals surface area (Å²) in [5.41, 5.74) is 0.546. The minimum atomic E-state index is -1.08. The Kier molecular flexibility index (Phi) is 3.53. The number of aromatic nitrogens is 2. The maximum Gasteiger partial charge on any atom is 0.358 e. The quantitative estimate of drug-likeness (QED) is 0.747. The van der Waals surface area contributed by atoms with Crippen LogP contribution in [0.2, 0.25) is 0 Å². The molecule has 0 fully saturated rings. The van der Waals surface area contributed by atoms with Crippen molar-refractivity contribution in [3.05, 3.63) is 54.4 Å². The molecule has 0 bridgehead atoms. The van der Waals surface area contributed by atoms with Gasteiger partial charge in [-0.05, 0) is 42.7 Å². The fourth-order valence-electron chi connectivity index (χ4n) is 2.00. The number of fused-ring (bicyclic) bond motifs is 1. The van der Waals surface area contributed by atoms with E-state index in [9.17, 15) is 9.90 Å². The second-order valence-corrected chi connectivity index (χ2v) is 5.16. The summed E-state index contributed by atoms with van der Waals surface area (Å²) in [6.45, 7) is 0. The van der Waals surface area contributed by atoms with E-state index >= 15 is 0 Å². The molecule has 0 saturated heterocycles. The highest BCUT2D eigenvalue weighted by Gasteiger charge is 2.20. The smallest absolute Gasteiger partial charge is 0.358 e. The molecule has 6 heteroatoms. The van der Waals surface area contributed by atoms with Gasteiger partial charge in [-0.25, -0.2) is 4.79 Å². The largest absolute Gasteiger partial charge is 0.476 e. The zero-order chi connectivity index (χ0) is 14.8. The van der Waals surface area contributed by atoms with E-state index in [2.05, 4.69) is 4.98 Å². The van der Waals surface area contributed by atoms with E-state index < -0.39 is 5.97 Å². The van der Waals surface area contributed by atoms with Gasteiger partial charge in [-0.15, -0.1) is 11.8 Å². The number of rotatable bonds is 4. The summed E-state index contributed by atoms with van der Waals surface area (Å²) < 4.78 is 7.13. The number of benzene rings is 1. The van der Waals surface area contributed by atoms with Crippen molar-refractivity contribution in [3.63, 3.8) is 0 Å². The molecule has 0 aliphatic carbocycles. The third kappa shape index (κ3) is 2.57. The van der Waals surface area contributed by atoms with Crippen LogP contribution in [0.1, 0.15) is 10.5 Å². The van der Waals surface area contributed by atoms with Crippen LogP contribution in [0.3, 0.4) is 0 Å². The number of nitrogens with zero attached hydrogens (tertiary/aromatic N) is 2. The lowest BCUT2D eigenvalue weighted by Gasteiger charge is -2.04. The number of thioether (sulfide) groups is 1. The topological polar surface area (TPSA) is 63.8 Å². The third-order valence-electron chi connectivity index (χ3n) is 2.97. The molecule has 3 rings (SSSR count).